The maximum Gasteiger partial charge on any atom is 0.335 e. The lowest BCUT2D eigenvalue weighted by atomic mass is 10.1. The molecule has 2 N–H and O–H groups in total. The zero-order valence-electron chi connectivity index (χ0n) is 15.6. The van der Waals surface area contributed by atoms with Gasteiger partial charge in [0.05, 0.1) is 12.7 Å². The monoisotopic (exact) mass is 475 g/mol. The summed E-state index contributed by atoms with van der Waals surface area (Å²) in [5, 5.41) is 13.0. The number of rotatable bonds is 8. The number of halogens is 2. The minimum atomic E-state index is -0.955. The van der Waals surface area contributed by atoms with Gasteiger partial charge in [0.15, 0.2) is 11.5 Å². The van der Waals surface area contributed by atoms with E-state index in [9.17, 15) is 4.79 Å². The molecule has 5 nitrogen and oxygen atoms in total. The number of carboxylic acids is 1. The standard InChI is InChI=1S/C22H19BrClNO4/c1-28-20-10-9-19(23)18(12-25-17-7-5-15(6-8-17)22(26)27)21(20)29-13-14-3-2-4-16(24)11-14/h2-11,25H,12-13H2,1H3,(H,26,27). The van der Waals surface area contributed by atoms with E-state index < -0.39 is 5.97 Å². The molecule has 7 heteroatoms. The number of hydrogen-bond acceptors (Lipinski definition) is 4. The lowest BCUT2D eigenvalue weighted by molar-refractivity contribution is 0.0697. The molecule has 3 aromatic carbocycles. The van der Waals surface area contributed by atoms with Gasteiger partial charge in [-0.25, -0.2) is 4.79 Å². The topological polar surface area (TPSA) is 67.8 Å². The van der Waals surface area contributed by atoms with Crippen LogP contribution in [0.2, 0.25) is 5.02 Å². The van der Waals surface area contributed by atoms with Crippen LogP contribution >= 0.6 is 27.5 Å². The summed E-state index contributed by atoms with van der Waals surface area (Å²) < 4.78 is 12.4. The Labute approximate surface area is 182 Å². The van der Waals surface area contributed by atoms with Crippen LogP contribution in [0.1, 0.15) is 21.5 Å². The largest absolute Gasteiger partial charge is 0.493 e. The Hall–Kier alpha value is -2.70. The first-order valence-electron chi connectivity index (χ1n) is 8.77. The fourth-order valence-electron chi connectivity index (χ4n) is 2.77. The van der Waals surface area contributed by atoms with E-state index in [4.69, 9.17) is 26.2 Å². The first-order chi connectivity index (χ1) is 14.0. The van der Waals surface area contributed by atoms with Crippen molar-refractivity contribution in [3.63, 3.8) is 0 Å². The van der Waals surface area contributed by atoms with Crippen LogP contribution in [-0.4, -0.2) is 18.2 Å². The van der Waals surface area contributed by atoms with Crippen molar-refractivity contribution in [3.8, 4) is 11.5 Å². The molecule has 0 atom stereocenters. The summed E-state index contributed by atoms with van der Waals surface area (Å²) in [6.07, 6.45) is 0. The van der Waals surface area contributed by atoms with Crippen LogP contribution in [0.25, 0.3) is 0 Å². The molecule has 29 heavy (non-hydrogen) atoms. The summed E-state index contributed by atoms with van der Waals surface area (Å²) in [6, 6.07) is 17.8. The van der Waals surface area contributed by atoms with Crippen molar-refractivity contribution in [1.82, 2.24) is 0 Å². The van der Waals surface area contributed by atoms with Gasteiger partial charge in [0, 0.05) is 27.3 Å². The molecule has 0 heterocycles. The third-order valence-electron chi connectivity index (χ3n) is 4.26. The Morgan fingerprint density at radius 3 is 2.55 bits per heavy atom. The Kier molecular flexibility index (Phi) is 7.01. The predicted octanol–water partition coefficient (Wildman–Crippen LogP) is 6.00. The van der Waals surface area contributed by atoms with Crippen LogP contribution in [-0.2, 0) is 13.2 Å². The molecule has 0 bridgehead atoms. The molecule has 0 radical (unpaired) electrons. The molecule has 0 aromatic heterocycles. The minimum absolute atomic E-state index is 0.239. The maximum absolute atomic E-state index is 11.0. The van der Waals surface area contributed by atoms with Gasteiger partial charge in [-0.2, -0.15) is 0 Å². The molecular weight excluding hydrogens is 458 g/mol. The molecule has 0 unspecified atom stereocenters. The first kappa shape index (κ1) is 21.0. The number of hydrogen-bond donors (Lipinski definition) is 2. The normalized spacial score (nSPS) is 10.4. The molecule has 150 valence electrons. The van der Waals surface area contributed by atoms with E-state index in [-0.39, 0.29) is 5.56 Å². The smallest absolute Gasteiger partial charge is 0.335 e. The highest BCUT2D eigenvalue weighted by Crippen LogP contribution is 2.37. The number of carboxylic acid groups (broad SMARTS) is 1. The fourth-order valence-corrected chi connectivity index (χ4v) is 3.43. The van der Waals surface area contributed by atoms with Gasteiger partial charge in [0.2, 0.25) is 0 Å². The zero-order chi connectivity index (χ0) is 20.8. The molecule has 0 spiro atoms. The molecule has 0 aliphatic rings. The highest BCUT2D eigenvalue weighted by molar-refractivity contribution is 9.10. The van der Waals surface area contributed by atoms with Crippen molar-refractivity contribution in [2.75, 3.05) is 12.4 Å². The summed E-state index contributed by atoms with van der Waals surface area (Å²) >= 11 is 9.63. The second-order valence-corrected chi connectivity index (χ2v) is 7.50. The molecule has 0 amide bonds. The average Bonchev–Trinajstić information content (AvgIpc) is 2.72. The summed E-state index contributed by atoms with van der Waals surface area (Å²) in [4.78, 5) is 11.0. The second kappa shape index (κ2) is 9.67. The van der Waals surface area contributed by atoms with Crippen LogP contribution in [0.4, 0.5) is 5.69 Å². The quantitative estimate of drug-likeness (QED) is 0.417. The van der Waals surface area contributed by atoms with Gasteiger partial charge in [-0.15, -0.1) is 0 Å². The van der Waals surface area contributed by atoms with E-state index >= 15 is 0 Å². The summed E-state index contributed by atoms with van der Waals surface area (Å²) in [5.74, 6) is 0.286. The van der Waals surface area contributed by atoms with Gasteiger partial charge in [0.25, 0.3) is 0 Å². The number of carbonyl (C=O) groups is 1. The van der Waals surface area contributed by atoms with Crippen molar-refractivity contribution < 1.29 is 19.4 Å². The lowest BCUT2D eigenvalue weighted by Gasteiger charge is -2.18. The lowest BCUT2D eigenvalue weighted by Crippen LogP contribution is -2.06. The van der Waals surface area contributed by atoms with Crippen LogP contribution in [0, 0.1) is 0 Å². The molecule has 0 saturated carbocycles. The molecule has 0 aliphatic carbocycles. The Bertz CT molecular complexity index is 1010. The Balaban J connectivity index is 1.80. The summed E-state index contributed by atoms with van der Waals surface area (Å²) in [6.45, 7) is 0.794. The van der Waals surface area contributed by atoms with Crippen molar-refractivity contribution in [3.05, 3.63) is 86.8 Å². The van der Waals surface area contributed by atoms with Gasteiger partial charge >= 0.3 is 5.97 Å². The van der Waals surface area contributed by atoms with E-state index in [0.717, 1.165) is 21.3 Å². The highest BCUT2D eigenvalue weighted by atomic mass is 79.9. The number of aromatic carboxylic acids is 1. The fraction of sp³-hybridized carbons (Fsp3) is 0.136. The molecule has 0 saturated heterocycles. The van der Waals surface area contributed by atoms with Crippen LogP contribution in [0.5, 0.6) is 11.5 Å². The molecular formula is C22H19BrClNO4. The van der Waals surface area contributed by atoms with Gasteiger partial charge in [-0.1, -0.05) is 39.7 Å². The van der Waals surface area contributed by atoms with E-state index in [1.807, 2.05) is 36.4 Å². The third kappa shape index (κ3) is 5.43. The third-order valence-corrected chi connectivity index (χ3v) is 5.24. The molecule has 0 aliphatic heterocycles. The van der Waals surface area contributed by atoms with E-state index in [1.54, 1.807) is 31.4 Å². The van der Waals surface area contributed by atoms with Crippen molar-refractivity contribution in [2.45, 2.75) is 13.2 Å². The van der Waals surface area contributed by atoms with E-state index in [1.165, 1.54) is 0 Å². The predicted molar refractivity (Wildman–Crippen MR) is 117 cm³/mol. The number of nitrogens with one attached hydrogen (secondary N) is 1. The minimum Gasteiger partial charge on any atom is -0.493 e. The van der Waals surface area contributed by atoms with E-state index in [0.29, 0.717) is 29.7 Å². The number of benzene rings is 3. The summed E-state index contributed by atoms with van der Waals surface area (Å²) in [5.41, 5.74) is 2.87. The van der Waals surface area contributed by atoms with Crippen LogP contribution in [0.3, 0.4) is 0 Å². The second-order valence-electron chi connectivity index (χ2n) is 6.21. The van der Waals surface area contributed by atoms with Crippen molar-refractivity contribution in [2.24, 2.45) is 0 Å². The first-order valence-corrected chi connectivity index (χ1v) is 9.95. The molecule has 0 fully saturated rings. The Morgan fingerprint density at radius 2 is 1.90 bits per heavy atom. The Morgan fingerprint density at radius 1 is 1.14 bits per heavy atom. The van der Waals surface area contributed by atoms with Gasteiger partial charge < -0.3 is 19.9 Å². The van der Waals surface area contributed by atoms with Crippen LogP contribution < -0.4 is 14.8 Å². The molecule has 3 aromatic rings. The van der Waals surface area contributed by atoms with Gasteiger partial charge in [-0.3, -0.25) is 0 Å². The number of ether oxygens (including phenoxy) is 2. The van der Waals surface area contributed by atoms with Crippen molar-refractivity contribution in [1.29, 1.82) is 0 Å². The number of methoxy groups -OCH3 is 1. The average molecular weight is 477 g/mol. The SMILES string of the molecule is COc1ccc(Br)c(CNc2ccc(C(=O)O)cc2)c1OCc1cccc(Cl)c1. The summed E-state index contributed by atoms with van der Waals surface area (Å²) in [7, 11) is 1.59. The molecule has 3 rings (SSSR count). The maximum atomic E-state index is 11.0. The zero-order valence-corrected chi connectivity index (χ0v) is 18.0. The van der Waals surface area contributed by atoms with Crippen molar-refractivity contribution >= 4 is 39.2 Å². The van der Waals surface area contributed by atoms with Crippen LogP contribution in [0.15, 0.2) is 65.1 Å². The number of anilines is 1. The van der Waals surface area contributed by atoms with Gasteiger partial charge in [0.1, 0.15) is 6.61 Å². The van der Waals surface area contributed by atoms with Gasteiger partial charge in [-0.05, 0) is 54.1 Å². The highest BCUT2D eigenvalue weighted by Gasteiger charge is 2.15. The van der Waals surface area contributed by atoms with E-state index in [2.05, 4.69) is 21.2 Å².